The van der Waals surface area contributed by atoms with E-state index in [2.05, 4.69) is 15.0 Å². The van der Waals surface area contributed by atoms with Crippen LogP contribution >= 0.6 is 0 Å². The third kappa shape index (κ3) is 5.80. The van der Waals surface area contributed by atoms with Crippen molar-refractivity contribution in [1.29, 1.82) is 0 Å². The molecule has 4 atom stereocenters. The summed E-state index contributed by atoms with van der Waals surface area (Å²) in [5.41, 5.74) is 6.77. The van der Waals surface area contributed by atoms with Crippen molar-refractivity contribution in [3.63, 3.8) is 0 Å². The molecular weight excluding hydrogens is 521 g/mol. The molecule has 4 aromatic rings. The second kappa shape index (κ2) is 12.0. The Labute approximate surface area is 230 Å². The Morgan fingerprint density at radius 1 is 1.05 bits per heavy atom. The number of rotatable bonds is 11. The first kappa shape index (κ1) is 27.6. The van der Waals surface area contributed by atoms with Crippen LogP contribution in [0.25, 0.3) is 11.2 Å². The summed E-state index contributed by atoms with van der Waals surface area (Å²) in [6.07, 6.45) is -2.54. The van der Waals surface area contributed by atoms with Gasteiger partial charge >= 0.3 is 12.0 Å². The van der Waals surface area contributed by atoms with E-state index in [-0.39, 0.29) is 36.8 Å². The number of halogens is 1. The second-order valence-electron chi connectivity index (χ2n) is 9.48. The molecule has 0 bridgehead atoms. The highest BCUT2D eigenvalue weighted by molar-refractivity contribution is 5.81. The molecule has 0 aliphatic carbocycles. The smallest absolute Gasteiger partial charge is 0.312 e. The zero-order valence-electron chi connectivity index (χ0n) is 22.1. The van der Waals surface area contributed by atoms with Crippen LogP contribution in [0, 0.1) is 6.08 Å². The average molecular weight is 552 g/mol. The van der Waals surface area contributed by atoms with Gasteiger partial charge in [-0.1, -0.05) is 60.7 Å². The van der Waals surface area contributed by atoms with Gasteiger partial charge < -0.3 is 29.4 Å². The number of anilines is 1. The van der Waals surface area contributed by atoms with Gasteiger partial charge in [-0.05, 0) is 11.1 Å². The van der Waals surface area contributed by atoms with Crippen LogP contribution < -0.4 is 5.73 Å². The Hall–Kier alpha value is -3.97. The number of benzene rings is 2. The number of hydrogen-bond donors (Lipinski definition) is 1. The van der Waals surface area contributed by atoms with E-state index in [1.807, 2.05) is 60.7 Å². The predicted octanol–water partition coefficient (Wildman–Crippen LogP) is 3.20. The predicted molar refractivity (Wildman–Crippen MR) is 141 cm³/mol. The number of esters is 1. The molecular formula is C28H30FN5O6. The highest BCUT2D eigenvalue weighted by Gasteiger charge is 2.59. The molecule has 4 unspecified atom stereocenters. The maximum Gasteiger partial charge on any atom is 0.312 e. The van der Waals surface area contributed by atoms with Gasteiger partial charge in [0.1, 0.15) is 11.7 Å². The molecule has 5 rings (SSSR count). The van der Waals surface area contributed by atoms with Gasteiger partial charge in [0, 0.05) is 14.0 Å². The molecule has 0 radical (unpaired) electrons. The maximum absolute atomic E-state index is 14.2. The fourth-order valence-electron chi connectivity index (χ4n) is 4.89. The fraction of sp³-hybridized carbons (Fsp3) is 0.357. The second-order valence-corrected chi connectivity index (χ2v) is 9.48. The zero-order chi connectivity index (χ0) is 28.1. The Balaban J connectivity index is 1.54. The molecule has 2 aromatic carbocycles. The van der Waals surface area contributed by atoms with Gasteiger partial charge in [-0.15, -0.1) is 0 Å². The number of nitrogens with zero attached hydrogens (tertiary/aromatic N) is 4. The van der Waals surface area contributed by atoms with E-state index in [4.69, 9.17) is 29.4 Å². The van der Waals surface area contributed by atoms with Gasteiger partial charge in [-0.25, -0.2) is 4.98 Å². The summed E-state index contributed by atoms with van der Waals surface area (Å²) >= 11 is 0. The molecule has 0 amide bonds. The molecule has 2 aromatic heterocycles. The van der Waals surface area contributed by atoms with E-state index in [9.17, 15) is 9.18 Å². The number of nitrogens with two attached hydrogens (primary N) is 1. The SMILES string of the molecule is COCC1(COCc2ccccc2)OC(n2cnc3c(N)nc(F)nc32)C(OC(C)=O)C1OCc1ccccc1. The summed E-state index contributed by atoms with van der Waals surface area (Å²) in [6.45, 7) is 1.85. The van der Waals surface area contributed by atoms with Gasteiger partial charge in [-0.3, -0.25) is 9.36 Å². The quantitative estimate of drug-likeness (QED) is 0.219. The van der Waals surface area contributed by atoms with E-state index in [0.29, 0.717) is 6.61 Å². The summed E-state index contributed by atoms with van der Waals surface area (Å²) in [6, 6.07) is 19.2. The molecule has 11 nitrogen and oxygen atoms in total. The van der Waals surface area contributed by atoms with Gasteiger partial charge in [0.2, 0.25) is 0 Å². The summed E-state index contributed by atoms with van der Waals surface area (Å²) in [7, 11) is 1.53. The van der Waals surface area contributed by atoms with Gasteiger partial charge in [0.25, 0.3) is 0 Å². The molecule has 40 heavy (non-hydrogen) atoms. The topological polar surface area (TPSA) is 133 Å². The minimum Gasteiger partial charge on any atom is -0.455 e. The van der Waals surface area contributed by atoms with Crippen molar-refractivity contribution in [1.82, 2.24) is 19.5 Å². The number of aromatic nitrogens is 4. The third-order valence-corrected chi connectivity index (χ3v) is 6.57. The van der Waals surface area contributed by atoms with Gasteiger partial charge in [-0.2, -0.15) is 14.4 Å². The number of methoxy groups -OCH3 is 1. The first-order valence-electron chi connectivity index (χ1n) is 12.7. The number of carbonyl (C=O) groups excluding carboxylic acids is 1. The molecule has 12 heteroatoms. The molecule has 2 N–H and O–H groups in total. The number of fused-ring (bicyclic) bond motifs is 1. The summed E-state index contributed by atoms with van der Waals surface area (Å²) in [5.74, 6) is -0.690. The van der Waals surface area contributed by atoms with Crippen LogP contribution in [0.5, 0.6) is 0 Å². The Morgan fingerprint density at radius 3 is 2.38 bits per heavy atom. The number of hydrogen-bond acceptors (Lipinski definition) is 10. The van der Waals surface area contributed by atoms with Crippen LogP contribution in [0.3, 0.4) is 0 Å². The standard InChI is InChI=1S/C28H30FN5O6/c1-18(35)39-22-23(38-14-20-11-7-4-8-12-20)28(15-36-2,16-37-13-19-9-5-3-6-10-19)40-26(22)34-17-31-21-24(30)32-27(29)33-25(21)34/h3-12,17,22-23,26H,13-16H2,1-2H3,(H2,30,32,33). The lowest BCUT2D eigenvalue weighted by molar-refractivity contribution is -0.179. The zero-order valence-corrected chi connectivity index (χ0v) is 22.1. The molecule has 1 aliphatic heterocycles. The maximum atomic E-state index is 14.2. The normalized spacial score (nSPS) is 22.5. The van der Waals surface area contributed by atoms with Crippen molar-refractivity contribution >= 4 is 23.0 Å². The summed E-state index contributed by atoms with van der Waals surface area (Å²) < 4.78 is 46.3. The van der Waals surface area contributed by atoms with Crippen LogP contribution in [0.4, 0.5) is 10.2 Å². The van der Waals surface area contributed by atoms with Crippen molar-refractivity contribution in [3.05, 3.63) is 84.2 Å². The lowest BCUT2D eigenvalue weighted by atomic mass is 9.96. The van der Waals surface area contributed by atoms with Crippen molar-refractivity contribution < 1.29 is 32.9 Å². The van der Waals surface area contributed by atoms with Gasteiger partial charge in [0.15, 0.2) is 29.3 Å². The summed E-state index contributed by atoms with van der Waals surface area (Å²) in [4.78, 5) is 24.0. The number of carbonyl (C=O) groups is 1. The van der Waals surface area contributed by atoms with Crippen molar-refractivity contribution in [2.75, 3.05) is 26.1 Å². The van der Waals surface area contributed by atoms with Crippen LogP contribution in [-0.4, -0.2) is 63.6 Å². The van der Waals surface area contributed by atoms with Crippen LogP contribution in [0.1, 0.15) is 24.3 Å². The molecule has 3 heterocycles. The van der Waals surface area contributed by atoms with E-state index < -0.39 is 36.1 Å². The largest absolute Gasteiger partial charge is 0.455 e. The lowest BCUT2D eigenvalue weighted by Gasteiger charge is -2.34. The van der Waals surface area contributed by atoms with E-state index in [1.54, 1.807) is 0 Å². The van der Waals surface area contributed by atoms with Gasteiger partial charge in [0.05, 0.1) is 32.8 Å². The molecule has 210 valence electrons. The first-order valence-corrected chi connectivity index (χ1v) is 12.7. The van der Waals surface area contributed by atoms with Crippen molar-refractivity contribution in [2.45, 2.75) is 44.2 Å². The molecule has 1 aliphatic rings. The molecule has 1 saturated heterocycles. The number of ether oxygens (including phenoxy) is 5. The minimum absolute atomic E-state index is 0.0293. The third-order valence-electron chi connectivity index (χ3n) is 6.57. The monoisotopic (exact) mass is 551 g/mol. The molecule has 0 spiro atoms. The summed E-state index contributed by atoms with van der Waals surface area (Å²) in [5, 5.41) is 0. The minimum atomic E-state index is -1.24. The molecule has 1 fully saturated rings. The first-order chi connectivity index (χ1) is 19.4. The van der Waals surface area contributed by atoms with Crippen LogP contribution in [-0.2, 0) is 41.7 Å². The van der Waals surface area contributed by atoms with Crippen molar-refractivity contribution in [2.24, 2.45) is 0 Å². The Kier molecular flexibility index (Phi) is 8.31. The average Bonchev–Trinajstić information content (AvgIpc) is 3.48. The van der Waals surface area contributed by atoms with E-state index >= 15 is 0 Å². The number of nitrogen functional groups attached to an aromatic ring is 1. The highest BCUT2D eigenvalue weighted by Crippen LogP contribution is 2.43. The lowest BCUT2D eigenvalue weighted by Crippen LogP contribution is -2.52. The fourth-order valence-corrected chi connectivity index (χ4v) is 4.89. The Morgan fingerprint density at radius 2 is 1.73 bits per heavy atom. The number of imidazole rings is 1. The van der Waals surface area contributed by atoms with Crippen molar-refractivity contribution in [3.8, 4) is 0 Å². The molecule has 0 saturated carbocycles. The van der Waals surface area contributed by atoms with Crippen LogP contribution in [0.2, 0.25) is 0 Å². The van der Waals surface area contributed by atoms with E-state index in [1.165, 1.54) is 24.9 Å². The Bertz CT molecular complexity index is 1440. The van der Waals surface area contributed by atoms with Crippen LogP contribution in [0.15, 0.2) is 67.0 Å². The van der Waals surface area contributed by atoms with E-state index in [0.717, 1.165) is 11.1 Å². The highest BCUT2D eigenvalue weighted by atomic mass is 19.1.